The lowest BCUT2D eigenvalue weighted by molar-refractivity contribution is 0.0256. The fourth-order valence-corrected chi connectivity index (χ4v) is 3.82. The number of rotatable bonds is 4. The maximum Gasteiger partial charge on any atom is 0.157 e. The van der Waals surface area contributed by atoms with Gasteiger partial charge in [0, 0.05) is 17.8 Å². The number of hydrogen-bond donors (Lipinski definition) is 3. The number of benzene rings is 1. The van der Waals surface area contributed by atoms with Crippen LogP contribution in [-0.2, 0) is 0 Å². The number of aliphatic hydroxyl groups is 2. The lowest BCUT2D eigenvalue weighted by Crippen LogP contribution is -2.35. The van der Waals surface area contributed by atoms with E-state index in [0.717, 1.165) is 11.3 Å². The van der Waals surface area contributed by atoms with Crippen LogP contribution in [0.25, 0.3) is 28.3 Å². The largest absolute Gasteiger partial charge is 0.390 e. The summed E-state index contributed by atoms with van der Waals surface area (Å²) in [6.07, 6.45) is 3.90. The molecule has 1 saturated carbocycles. The standard InChI is InChI=1S/C22H21N6O2/c1-13-9-16(22(30)21(13)29)26-19-7-8-24-20-10-15(27-28(19)20)18-12-23-11-17(25-18)14-5-3-2-4-6-14/h2-8,10-13,16,21-22,26,29-30H,1,9H2/t13-,16-,21-,22+/m1/s1. The second kappa shape index (κ2) is 7.47. The Bertz CT molecular complexity index is 1180. The molecule has 1 fully saturated rings. The van der Waals surface area contributed by atoms with Crippen LogP contribution in [0.1, 0.15) is 6.42 Å². The molecular weight excluding hydrogens is 380 g/mol. The van der Waals surface area contributed by atoms with Crippen LogP contribution >= 0.6 is 0 Å². The van der Waals surface area contributed by atoms with Gasteiger partial charge in [-0.15, -0.1) is 0 Å². The van der Waals surface area contributed by atoms with Crippen molar-refractivity contribution in [3.8, 4) is 22.6 Å². The fourth-order valence-electron chi connectivity index (χ4n) is 3.82. The van der Waals surface area contributed by atoms with E-state index in [1.165, 1.54) is 0 Å². The minimum atomic E-state index is -0.890. The Hall–Kier alpha value is -3.36. The average Bonchev–Trinajstić information content (AvgIpc) is 3.32. The molecule has 151 valence electrons. The molecule has 4 aromatic rings. The van der Waals surface area contributed by atoms with E-state index in [-0.39, 0.29) is 12.0 Å². The Kier molecular flexibility index (Phi) is 4.65. The van der Waals surface area contributed by atoms with Crippen molar-refractivity contribution in [2.24, 2.45) is 5.92 Å². The van der Waals surface area contributed by atoms with E-state index in [4.69, 9.17) is 4.98 Å². The van der Waals surface area contributed by atoms with Crippen molar-refractivity contribution in [1.29, 1.82) is 0 Å². The molecule has 0 bridgehead atoms. The molecule has 1 radical (unpaired) electrons. The number of nitrogens with zero attached hydrogens (tertiary/aromatic N) is 5. The predicted octanol–water partition coefficient (Wildman–Crippen LogP) is 2.21. The van der Waals surface area contributed by atoms with E-state index >= 15 is 0 Å². The first-order valence-electron chi connectivity index (χ1n) is 9.78. The number of fused-ring (bicyclic) bond motifs is 1. The molecule has 3 N–H and O–H groups in total. The second-order valence-corrected chi connectivity index (χ2v) is 7.51. The van der Waals surface area contributed by atoms with E-state index in [9.17, 15) is 10.2 Å². The lowest BCUT2D eigenvalue weighted by atomic mass is 10.1. The number of nitrogens with one attached hydrogen (secondary N) is 1. The van der Waals surface area contributed by atoms with Crippen LogP contribution in [0.3, 0.4) is 0 Å². The van der Waals surface area contributed by atoms with Gasteiger partial charge in [0.05, 0.1) is 30.2 Å². The van der Waals surface area contributed by atoms with Crippen molar-refractivity contribution in [3.63, 3.8) is 0 Å². The van der Waals surface area contributed by atoms with E-state index in [2.05, 4.69) is 27.3 Å². The first-order chi connectivity index (χ1) is 14.6. The molecule has 5 rings (SSSR count). The van der Waals surface area contributed by atoms with Crippen molar-refractivity contribution in [2.75, 3.05) is 5.32 Å². The van der Waals surface area contributed by atoms with Crippen LogP contribution in [-0.4, -0.2) is 53.0 Å². The van der Waals surface area contributed by atoms with Crippen molar-refractivity contribution < 1.29 is 10.2 Å². The summed E-state index contributed by atoms with van der Waals surface area (Å²) in [6, 6.07) is 13.2. The molecule has 3 aromatic heterocycles. The lowest BCUT2D eigenvalue weighted by Gasteiger charge is -2.19. The maximum atomic E-state index is 10.3. The number of aromatic nitrogens is 5. The SMILES string of the molecule is [CH2][C@@H]1C[C@@H](Nc2ccnc3cc(-c4cncc(-c5ccccc5)n4)nn23)[C@H](O)[C@@H]1O. The first-order valence-corrected chi connectivity index (χ1v) is 9.78. The minimum absolute atomic E-state index is 0.223. The molecule has 4 atom stereocenters. The van der Waals surface area contributed by atoms with Crippen molar-refractivity contribution in [2.45, 2.75) is 24.7 Å². The van der Waals surface area contributed by atoms with Crippen molar-refractivity contribution in [1.82, 2.24) is 24.6 Å². The molecule has 1 aliphatic carbocycles. The monoisotopic (exact) mass is 401 g/mol. The zero-order valence-electron chi connectivity index (χ0n) is 16.1. The van der Waals surface area contributed by atoms with Gasteiger partial charge in [-0.2, -0.15) is 9.61 Å². The van der Waals surface area contributed by atoms with E-state index in [1.54, 1.807) is 29.2 Å². The minimum Gasteiger partial charge on any atom is -0.390 e. The van der Waals surface area contributed by atoms with Gasteiger partial charge in [0.2, 0.25) is 0 Å². The summed E-state index contributed by atoms with van der Waals surface area (Å²) in [4.78, 5) is 13.4. The molecule has 1 aliphatic rings. The molecule has 0 aliphatic heterocycles. The highest BCUT2D eigenvalue weighted by Gasteiger charge is 2.39. The molecule has 0 saturated heterocycles. The summed E-state index contributed by atoms with van der Waals surface area (Å²) in [5.74, 6) is 0.447. The van der Waals surface area contributed by atoms with Crippen LogP contribution in [0.4, 0.5) is 5.82 Å². The smallest absolute Gasteiger partial charge is 0.157 e. The topological polar surface area (TPSA) is 108 Å². The normalized spacial score (nSPS) is 23.7. The van der Waals surface area contributed by atoms with E-state index in [0.29, 0.717) is 29.3 Å². The Balaban J connectivity index is 1.49. The second-order valence-electron chi connectivity index (χ2n) is 7.51. The Morgan fingerprint density at radius 1 is 1.00 bits per heavy atom. The van der Waals surface area contributed by atoms with Crippen LogP contribution < -0.4 is 5.32 Å². The van der Waals surface area contributed by atoms with Crippen molar-refractivity contribution >= 4 is 11.5 Å². The van der Waals surface area contributed by atoms with E-state index < -0.39 is 12.2 Å². The molecule has 0 spiro atoms. The van der Waals surface area contributed by atoms with Gasteiger partial charge in [-0.05, 0) is 25.3 Å². The van der Waals surface area contributed by atoms with Gasteiger partial charge in [0.15, 0.2) is 5.65 Å². The molecule has 30 heavy (non-hydrogen) atoms. The fraction of sp³-hybridized carbons (Fsp3) is 0.227. The quantitative estimate of drug-likeness (QED) is 0.481. The van der Waals surface area contributed by atoms with Crippen molar-refractivity contribution in [3.05, 3.63) is 68.0 Å². The van der Waals surface area contributed by atoms with E-state index in [1.807, 2.05) is 36.4 Å². The third kappa shape index (κ3) is 3.30. The van der Waals surface area contributed by atoms with Gasteiger partial charge in [-0.25, -0.2) is 9.97 Å². The van der Waals surface area contributed by atoms with Crippen LogP contribution in [0.15, 0.2) is 61.1 Å². The number of hydrogen-bond acceptors (Lipinski definition) is 7. The Labute approximate surface area is 173 Å². The molecule has 0 unspecified atom stereocenters. The summed E-state index contributed by atoms with van der Waals surface area (Å²) in [5, 5.41) is 28.2. The van der Waals surface area contributed by atoms with Crippen LogP contribution in [0.5, 0.6) is 0 Å². The summed E-state index contributed by atoms with van der Waals surface area (Å²) in [7, 11) is 0. The zero-order chi connectivity index (χ0) is 20.7. The van der Waals surface area contributed by atoms with Gasteiger partial charge in [-0.1, -0.05) is 30.3 Å². The first kappa shape index (κ1) is 18.7. The summed E-state index contributed by atoms with van der Waals surface area (Å²) < 4.78 is 1.67. The Morgan fingerprint density at radius 2 is 1.80 bits per heavy atom. The van der Waals surface area contributed by atoms with Crippen LogP contribution in [0.2, 0.25) is 0 Å². The van der Waals surface area contributed by atoms with Gasteiger partial charge in [0.25, 0.3) is 0 Å². The third-order valence-electron chi connectivity index (χ3n) is 5.46. The average molecular weight is 401 g/mol. The van der Waals surface area contributed by atoms with Crippen LogP contribution in [0, 0.1) is 12.8 Å². The number of anilines is 1. The highest BCUT2D eigenvalue weighted by atomic mass is 16.3. The summed E-state index contributed by atoms with van der Waals surface area (Å²) in [5.41, 5.74) is 3.67. The molecule has 1 aromatic carbocycles. The van der Waals surface area contributed by atoms with Gasteiger partial charge in [0.1, 0.15) is 23.3 Å². The van der Waals surface area contributed by atoms with Gasteiger partial charge >= 0.3 is 0 Å². The Morgan fingerprint density at radius 3 is 2.57 bits per heavy atom. The molecular formula is C22H21N6O2. The highest BCUT2D eigenvalue weighted by Crippen LogP contribution is 2.29. The zero-order valence-corrected chi connectivity index (χ0v) is 16.1. The highest BCUT2D eigenvalue weighted by molar-refractivity contribution is 5.66. The van der Waals surface area contributed by atoms with Gasteiger partial charge in [-0.3, -0.25) is 4.98 Å². The molecule has 8 nitrogen and oxygen atoms in total. The predicted molar refractivity (Wildman–Crippen MR) is 112 cm³/mol. The molecule has 0 amide bonds. The number of aliphatic hydroxyl groups excluding tert-OH is 2. The maximum absolute atomic E-state index is 10.3. The summed E-state index contributed by atoms with van der Waals surface area (Å²) >= 11 is 0. The summed E-state index contributed by atoms with van der Waals surface area (Å²) in [6.45, 7) is 3.90. The molecule has 3 heterocycles. The van der Waals surface area contributed by atoms with Gasteiger partial charge < -0.3 is 15.5 Å². The molecule has 8 heteroatoms. The third-order valence-corrected chi connectivity index (χ3v) is 5.46.